The van der Waals surface area contributed by atoms with Gasteiger partial charge in [0.2, 0.25) is 0 Å². The van der Waals surface area contributed by atoms with Crippen LogP contribution in [0.25, 0.3) is 0 Å². The summed E-state index contributed by atoms with van der Waals surface area (Å²) in [5.74, 6) is 0. The highest BCUT2D eigenvalue weighted by atomic mass is 16.6. The number of nitrogens with zero attached hydrogens (tertiary/aromatic N) is 2. The highest BCUT2D eigenvalue weighted by Crippen LogP contribution is 2.25. The first kappa shape index (κ1) is 12.3. The predicted molar refractivity (Wildman–Crippen MR) is 72.4 cm³/mol. The molecule has 0 unspecified atom stereocenters. The summed E-state index contributed by atoms with van der Waals surface area (Å²) in [4.78, 5) is 4.86. The van der Waals surface area contributed by atoms with Gasteiger partial charge in [0.05, 0.1) is 24.2 Å². The lowest BCUT2D eigenvalue weighted by atomic mass is 10.2. The van der Waals surface area contributed by atoms with Gasteiger partial charge in [-0.3, -0.25) is 10.3 Å². The SMILES string of the molecule is CONc1ccc(C)c(N=Nc2ccccc2)c1. The molecule has 2 aromatic carbocycles. The maximum Gasteiger partial charge on any atom is 0.0907 e. The molecule has 0 saturated heterocycles. The summed E-state index contributed by atoms with van der Waals surface area (Å²) in [5, 5.41) is 8.44. The van der Waals surface area contributed by atoms with Crippen molar-refractivity contribution in [2.24, 2.45) is 10.2 Å². The molecule has 0 atom stereocenters. The molecule has 0 spiro atoms. The van der Waals surface area contributed by atoms with Crippen molar-refractivity contribution >= 4 is 17.1 Å². The first-order valence-corrected chi connectivity index (χ1v) is 5.66. The Balaban J connectivity index is 2.22. The number of hydrogen-bond acceptors (Lipinski definition) is 4. The van der Waals surface area contributed by atoms with Crippen LogP contribution in [0.3, 0.4) is 0 Å². The Hall–Kier alpha value is -2.20. The fourth-order valence-electron chi connectivity index (χ4n) is 1.50. The van der Waals surface area contributed by atoms with Crippen molar-refractivity contribution in [1.29, 1.82) is 0 Å². The quantitative estimate of drug-likeness (QED) is 0.637. The van der Waals surface area contributed by atoms with Gasteiger partial charge >= 0.3 is 0 Å². The molecule has 4 heteroatoms. The van der Waals surface area contributed by atoms with E-state index in [9.17, 15) is 0 Å². The van der Waals surface area contributed by atoms with Gasteiger partial charge < -0.3 is 0 Å². The van der Waals surface area contributed by atoms with Gasteiger partial charge in [0.15, 0.2) is 0 Å². The minimum absolute atomic E-state index is 0.820. The Kier molecular flexibility index (Phi) is 4.04. The van der Waals surface area contributed by atoms with Gasteiger partial charge in [-0.2, -0.15) is 10.2 Å². The first-order chi connectivity index (χ1) is 8.79. The molecular formula is C14H15N3O. The number of azo groups is 1. The molecule has 4 nitrogen and oxygen atoms in total. The molecule has 18 heavy (non-hydrogen) atoms. The minimum atomic E-state index is 0.820. The summed E-state index contributed by atoms with van der Waals surface area (Å²) < 4.78 is 0. The number of anilines is 1. The van der Waals surface area contributed by atoms with E-state index in [1.54, 1.807) is 7.11 Å². The van der Waals surface area contributed by atoms with E-state index in [0.717, 1.165) is 22.6 Å². The standard InChI is InChI=1S/C14H15N3O/c1-11-8-9-13(17-18-2)10-14(11)16-15-12-6-4-3-5-7-12/h3-10,17H,1-2H3. The van der Waals surface area contributed by atoms with E-state index in [-0.39, 0.29) is 0 Å². The highest BCUT2D eigenvalue weighted by Gasteiger charge is 1.99. The molecule has 0 aliphatic heterocycles. The average molecular weight is 241 g/mol. The molecule has 2 aromatic rings. The van der Waals surface area contributed by atoms with Crippen LogP contribution >= 0.6 is 0 Å². The van der Waals surface area contributed by atoms with Crippen molar-refractivity contribution < 1.29 is 4.84 Å². The number of rotatable bonds is 4. The third-order valence-electron chi connectivity index (χ3n) is 2.46. The van der Waals surface area contributed by atoms with E-state index in [2.05, 4.69) is 15.7 Å². The lowest BCUT2D eigenvalue weighted by Gasteiger charge is -2.05. The van der Waals surface area contributed by atoms with Crippen molar-refractivity contribution in [2.45, 2.75) is 6.92 Å². The van der Waals surface area contributed by atoms with Gasteiger partial charge in [-0.1, -0.05) is 24.3 Å². The molecule has 1 N–H and O–H groups in total. The lowest BCUT2D eigenvalue weighted by Crippen LogP contribution is -1.94. The smallest absolute Gasteiger partial charge is 0.0907 e. The van der Waals surface area contributed by atoms with Crippen LogP contribution in [0.4, 0.5) is 17.1 Å². The van der Waals surface area contributed by atoms with Crippen LogP contribution in [0.1, 0.15) is 5.56 Å². The van der Waals surface area contributed by atoms with Gasteiger partial charge in [-0.05, 0) is 36.8 Å². The molecular weight excluding hydrogens is 226 g/mol. The molecule has 0 amide bonds. The Labute approximate surface area is 106 Å². The van der Waals surface area contributed by atoms with E-state index in [1.165, 1.54) is 0 Å². The van der Waals surface area contributed by atoms with E-state index in [1.807, 2.05) is 55.5 Å². The van der Waals surface area contributed by atoms with Crippen LogP contribution in [0.5, 0.6) is 0 Å². The lowest BCUT2D eigenvalue weighted by molar-refractivity contribution is 0.271. The monoisotopic (exact) mass is 241 g/mol. The fourth-order valence-corrected chi connectivity index (χ4v) is 1.50. The summed E-state index contributed by atoms with van der Waals surface area (Å²) in [5.41, 5.74) is 6.35. The van der Waals surface area contributed by atoms with Crippen molar-refractivity contribution in [2.75, 3.05) is 12.6 Å². The first-order valence-electron chi connectivity index (χ1n) is 5.66. The van der Waals surface area contributed by atoms with Gasteiger partial charge in [0, 0.05) is 0 Å². The molecule has 2 rings (SSSR count). The molecule has 0 aliphatic rings. The summed E-state index contributed by atoms with van der Waals surface area (Å²) >= 11 is 0. The van der Waals surface area contributed by atoms with Crippen LogP contribution in [0.15, 0.2) is 58.8 Å². The Morgan fingerprint density at radius 3 is 2.50 bits per heavy atom. The Morgan fingerprint density at radius 1 is 1.00 bits per heavy atom. The van der Waals surface area contributed by atoms with Crippen molar-refractivity contribution in [3.8, 4) is 0 Å². The third-order valence-corrected chi connectivity index (χ3v) is 2.46. The second-order valence-corrected chi connectivity index (χ2v) is 3.84. The van der Waals surface area contributed by atoms with E-state index >= 15 is 0 Å². The van der Waals surface area contributed by atoms with E-state index in [4.69, 9.17) is 4.84 Å². The third kappa shape index (κ3) is 3.15. The zero-order valence-corrected chi connectivity index (χ0v) is 10.4. The van der Waals surface area contributed by atoms with Crippen LogP contribution in [0.2, 0.25) is 0 Å². The largest absolute Gasteiger partial charge is 0.279 e. The van der Waals surface area contributed by atoms with Crippen molar-refractivity contribution in [1.82, 2.24) is 0 Å². The van der Waals surface area contributed by atoms with Crippen molar-refractivity contribution in [3.05, 3.63) is 54.1 Å². The fraction of sp³-hybridized carbons (Fsp3) is 0.143. The van der Waals surface area contributed by atoms with Gasteiger partial charge in [-0.15, -0.1) is 0 Å². The molecule has 92 valence electrons. The average Bonchev–Trinajstić information content (AvgIpc) is 2.41. The van der Waals surface area contributed by atoms with Crippen LogP contribution < -0.4 is 5.48 Å². The van der Waals surface area contributed by atoms with Crippen molar-refractivity contribution in [3.63, 3.8) is 0 Å². The number of aryl methyl sites for hydroxylation is 1. The summed E-state index contributed by atoms with van der Waals surface area (Å²) in [6.45, 7) is 2.00. The van der Waals surface area contributed by atoms with E-state index in [0.29, 0.717) is 0 Å². The topological polar surface area (TPSA) is 46.0 Å². The maximum absolute atomic E-state index is 4.86. The zero-order chi connectivity index (χ0) is 12.8. The summed E-state index contributed by atoms with van der Waals surface area (Å²) in [7, 11) is 1.57. The van der Waals surface area contributed by atoms with Gasteiger partial charge in [0.1, 0.15) is 0 Å². The summed E-state index contributed by atoms with van der Waals surface area (Å²) in [6, 6.07) is 15.4. The molecule has 0 radical (unpaired) electrons. The van der Waals surface area contributed by atoms with Crippen LogP contribution in [0, 0.1) is 6.92 Å². The van der Waals surface area contributed by atoms with Crippen LogP contribution in [-0.2, 0) is 4.84 Å². The van der Waals surface area contributed by atoms with E-state index < -0.39 is 0 Å². The number of nitrogens with one attached hydrogen (secondary N) is 1. The molecule has 0 saturated carbocycles. The Bertz CT molecular complexity index is 538. The van der Waals surface area contributed by atoms with Gasteiger partial charge in [0.25, 0.3) is 0 Å². The highest BCUT2D eigenvalue weighted by molar-refractivity contribution is 5.57. The molecule has 0 fully saturated rings. The predicted octanol–water partition coefficient (Wildman–Crippen LogP) is 4.38. The second-order valence-electron chi connectivity index (χ2n) is 3.84. The van der Waals surface area contributed by atoms with Crippen LogP contribution in [-0.4, -0.2) is 7.11 Å². The molecule has 0 aliphatic carbocycles. The Morgan fingerprint density at radius 2 is 1.78 bits per heavy atom. The molecule has 0 aromatic heterocycles. The second kappa shape index (κ2) is 5.93. The normalized spacial score (nSPS) is 10.8. The van der Waals surface area contributed by atoms with Gasteiger partial charge in [-0.25, -0.2) is 0 Å². The maximum atomic E-state index is 4.86. The summed E-state index contributed by atoms with van der Waals surface area (Å²) in [6.07, 6.45) is 0. The minimum Gasteiger partial charge on any atom is -0.279 e. The molecule has 0 bridgehead atoms. The zero-order valence-electron chi connectivity index (χ0n) is 10.4. The number of hydrogen-bond donors (Lipinski definition) is 1. The number of benzene rings is 2. The molecule has 0 heterocycles.